The molecule has 160 valence electrons. The zero-order valence-corrected chi connectivity index (χ0v) is 18.3. The van der Waals surface area contributed by atoms with Crippen LogP contribution in [0.2, 0.25) is 0 Å². The van der Waals surface area contributed by atoms with E-state index in [9.17, 15) is 0 Å². The first-order valence-corrected chi connectivity index (χ1v) is 11.8. The van der Waals surface area contributed by atoms with Gasteiger partial charge in [-0.1, -0.05) is 55.0 Å². The van der Waals surface area contributed by atoms with Gasteiger partial charge in [0.1, 0.15) is 5.75 Å². The van der Waals surface area contributed by atoms with Gasteiger partial charge in [0.2, 0.25) is 0 Å². The maximum Gasteiger partial charge on any atom is 0.119 e. The summed E-state index contributed by atoms with van der Waals surface area (Å²) in [7, 11) is 0. The van der Waals surface area contributed by atoms with E-state index in [-0.39, 0.29) is 0 Å². The van der Waals surface area contributed by atoms with Crippen molar-refractivity contribution >= 4 is 6.08 Å². The molecule has 1 fully saturated rings. The Morgan fingerprint density at radius 2 is 1.60 bits per heavy atom. The molecule has 0 spiro atoms. The number of ether oxygens (including phenoxy) is 1. The van der Waals surface area contributed by atoms with E-state index in [1.165, 1.54) is 55.6 Å². The average molecular weight is 405 g/mol. The maximum atomic E-state index is 6.09. The van der Waals surface area contributed by atoms with Crippen molar-refractivity contribution < 1.29 is 4.74 Å². The van der Waals surface area contributed by atoms with Crippen molar-refractivity contribution in [1.82, 2.24) is 9.80 Å². The van der Waals surface area contributed by atoms with Gasteiger partial charge in [0.25, 0.3) is 0 Å². The highest BCUT2D eigenvalue weighted by molar-refractivity contribution is 5.48. The molecule has 0 bridgehead atoms. The van der Waals surface area contributed by atoms with E-state index in [1.54, 1.807) is 0 Å². The van der Waals surface area contributed by atoms with Crippen LogP contribution in [0.4, 0.5) is 0 Å². The van der Waals surface area contributed by atoms with Crippen LogP contribution in [0.25, 0.3) is 6.08 Å². The molecule has 1 saturated heterocycles. The Hall–Kier alpha value is -2.10. The summed E-state index contributed by atoms with van der Waals surface area (Å²) in [5, 5.41) is 0. The Bertz CT molecular complexity index is 796. The molecule has 0 amide bonds. The molecule has 3 nitrogen and oxygen atoms in total. The topological polar surface area (TPSA) is 15.7 Å². The minimum atomic E-state index is 0.825. The molecule has 30 heavy (non-hydrogen) atoms. The fourth-order valence-corrected chi connectivity index (χ4v) is 4.58. The van der Waals surface area contributed by atoms with Crippen molar-refractivity contribution in [1.29, 1.82) is 0 Å². The van der Waals surface area contributed by atoms with Crippen molar-refractivity contribution in [2.75, 3.05) is 45.9 Å². The highest BCUT2D eigenvalue weighted by Gasteiger charge is 2.14. The lowest BCUT2D eigenvalue weighted by Gasteiger charge is -2.26. The number of likely N-dealkylation sites (tertiary alicyclic amines) is 1. The standard InChI is InChI=1S/C27H36N2O/c1-3-9-24(10-4-1)11-7-18-29-20-14-25-12-13-27(23-26(25)15-21-29)30-22-8-19-28-16-5-2-6-17-28/h1,3-4,7,9-13,23H,2,5-6,8,14-22H2/b11-7+. The Morgan fingerprint density at radius 3 is 2.43 bits per heavy atom. The fraction of sp³-hybridized carbons (Fsp3) is 0.481. The van der Waals surface area contributed by atoms with E-state index in [0.29, 0.717) is 0 Å². The van der Waals surface area contributed by atoms with Crippen LogP contribution in [-0.4, -0.2) is 55.7 Å². The Kier molecular flexibility index (Phi) is 7.99. The fourth-order valence-electron chi connectivity index (χ4n) is 4.58. The highest BCUT2D eigenvalue weighted by atomic mass is 16.5. The highest BCUT2D eigenvalue weighted by Crippen LogP contribution is 2.22. The number of rotatable bonds is 8. The van der Waals surface area contributed by atoms with Crippen molar-refractivity contribution in [3.05, 3.63) is 71.3 Å². The lowest BCUT2D eigenvalue weighted by molar-refractivity contribution is 0.205. The molecule has 3 heteroatoms. The smallest absolute Gasteiger partial charge is 0.119 e. The number of hydrogen-bond acceptors (Lipinski definition) is 3. The van der Waals surface area contributed by atoms with Crippen molar-refractivity contribution in [2.45, 2.75) is 38.5 Å². The summed E-state index contributed by atoms with van der Waals surface area (Å²) in [6.07, 6.45) is 12.0. The molecule has 0 saturated carbocycles. The summed E-state index contributed by atoms with van der Waals surface area (Å²) in [6.45, 7) is 7.81. The molecule has 2 aromatic carbocycles. The van der Waals surface area contributed by atoms with Crippen molar-refractivity contribution in [2.24, 2.45) is 0 Å². The van der Waals surface area contributed by atoms with Crippen molar-refractivity contribution in [3.8, 4) is 5.75 Å². The third kappa shape index (κ3) is 6.45. The molecule has 0 aliphatic carbocycles. The van der Waals surface area contributed by atoms with Crippen LogP contribution in [0.3, 0.4) is 0 Å². The quantitative estimate of drug-likeness (QED) is 0.572. The van der Waals surface area contributed by atoms with Crippen LogP contribution in [0.5, 0.6) is 5.75 Å². The number of benzene rings is 2. The number of piperidine rings is 1. The van der Waals surface area contributed by atoms with E-state index in [4.69, 9.17) is 4.74 Å². The van der Waals surface area contributed by atoms with Crippen LogP contribution in [0.1, 0.15) is 42.4 Å². The van der Waals surface area contributed by atoms with E-state index < -0.39 is 0 Å². The van der Waals surface area contributed by atoms with Gasteiger partial charge in [-0.3, -0.25) is 4.90 Å². The summed E-state index contributed by atoms with van der Waals surface area (Å²) in [5.41, 5.74) is 4.24. The molecular weight excluding hydrogens is 368 g/mol. The average Bonchev–Trinajstić information content (AvgIpc) is 3.00. The van der Waals surface area contributed by atoms with E-state index in [0.717, 1.165) is 51.3 Å². The van der Waals surface area contributed by atoms with Gasteiger partial charge in [-0.15, -0.1) is 0 Å². The third-order valence-corrected chi connectivity index (χ3v) is 6.38. The van der Waals surface area contributed by atoms with Gasteiger partial charge in [-0.25, -0.2) is 0 Å². The van der Waals surface area contributed by atoms with E-state index >= 15 is 0 Å². The number of nitrogens with zero attached hydrogens (tertiary/aromatic N) is 2. The van der Waals surface area contributed by atoms with Gasteiger partial charge in [0, 0.05) is 26.2 Å². The Labute approximate surface area is 182 Å². The Morgan fingerprint density at radius 1 is 0.800 bits per heavy atom. The maximum absolute atomic E-state index is 6.09. The van der Waals surface area contributed by atoms with Gasteiger partial charge in [-0.2, -0.15) is 0 Å². The number of fused-ring (bicyclic) bond motifs is 1. The van der Waals surface area contributed by atoms with Gasteiger partial charge in [-0.05, 0) is 74.0 Å². The van der Waals surface area contributed by atoms with Crippen LogP contribution in [-0.2, 0) is 12.8 Å². The summed E-state index contributed by atoms with van der Waals surface area (Å²) < 4.78 is 6.09. The van der Waals surface area contributed by atoms with Gasteiger partial charge >= 0.3 is 0 Å². The zero-order chi connectivity index (χ0) is 20.4. The summed E-state index contributed by atoms with van der Waals surface area (Å²) in [5.74, 6) is 1.05. The SMILES string of the molecule is C(=C\c1ccccc1)/CN1CCc2ccc(OCCCN3CCCCC3)cc2CC1. The minimum absolute atomic E-state index is 0.825. The molecular formula is C27H36N2O. The van der Waals surface area contributed by atoms with E-state index in [2.05, 4.69) is 70.5 Å². The molecule has 2 aromatic rings. The van der Waals surface area contributed by atoms with Crippen LogP contribution >= 0.6 is 0 Å². The lowest BCUT2D eigenvalue weighted by Crippen LogP contribution is -2.31. The minimum Gasteiger partial charge on any atom is -0.494 e. The monoisotopic (exact) mass is 404 g/mol. The largest absolute Gasteiger partial charge is 0.494 e. The van der Waals surface area contributed by atoms with Crippen LogP contribution in [0.15, 0.2) is 54.6 Å². The molecule has 2 heterocycles. The summed E-state index contributed by atoms with van der Waals surface area (Å²) in [6, 6.07) is 17.3. The summed E-state index contributed by atoms with van der Waals surface area (Å²) >= 11 is 0. The second-order valence-corrected chi connectivity index (χ2v) is 8.65. The van der Waals surface area contributed by atoms with Gasteiger partial charge < -0.3 is 9.64 Å². The Balaban J connectivity index is 1.22. The molecule has 0 N–H and O–H groups in total. The first kappa shape index (κ1) is 21.1. The summed E-state index contributed by atoms with van der Waals surface area (Å²) in [4.78, 5) is 5.14. The number of hydrogen-bond donors (Lipinski definition) is 0. The first-order valence-electron chi connectivity index (χ1n) is 11.8. The molecule has 4 rings (SSSR count). The second kappa shape index (κ2) is 11.3. The van der Waals surface area contributed by atoms with E-state index in [1.807, 2.05) is 0 Å². The molecule has 0 aromatic heterocycles. The zero-order valence-electron chi connectivity index (χ0n) is 18.3. The molecule has 0 unspecified atom stereocenters. The lowest BCUT2D eigenvalue weighted by atomic mass is 10.0. The molecule has 0 radical (unpaired) electrons. The van der Waals surface area contributed by atoms with Gasteiger partial charge in [0.15, 0.2) is 0 Å². The molecule has 2 aliphatic rings. The van der Waals surface area contributed by atoms with Crippen LogP contribution < -0.4 is 4.74 Å². The normalized spacial score (nSPS) is 18.3. The van der Waals surface area contributed by atoms with Crippen LogP contribution in [0, 0.1) is 0 Å². The third-order valence-electron chi connectivity index (χ3n) is 6.38. The predicted molar refractivity (Wildman–Crippen MR) is 126 cm³/mol. The molecule has 2 aliphatic heterocycles. The second-order valence-electron chi connectivity index (χ2n) is 8.65. The molecule has 0 atom stereocenters. The predicted octanol–water partition coefficient (Wildman–Crippen LogP) is 5.06. The van der Waals surface area contributed by atoms with Gasteiger partial charge in [0.05, 0.1) is 6.61 Å². The van der Waals surface area contributed by atoms with Crippen molar-refractivity contribution in [3.63, 3.8) is 0 Å². The first-order chi connectivity index (χ1) is 14.9.